The maximum atomic E-state index is 11.2. The van der Waals surface area contributed by atoms with Crippen molar-refractivity contribution >= 4 is 27.6 Å². The van der Waals surface area contributed by atoms with Gasteiger partial charge < -0.3 is 10.5 Å². The Bertz CT molecular complexity index is 328. The zero-order valence-electron chi connectivity index (χ0n) is 7.08. The van der Waals surface area contributed by atoms with Crippen molar-refractivity contribution in [3.05, 3.63) is 22.4 Å². The van der Waals surface area contributed by atoms with Crippen molar-refractivity contribution in [2.24, 2.45) is 0 Å². The average molecular weight is 245 g/mol. The first kappa shape index (κ1) is 9.98. The molecule has 0 saturated heterocycles. The maximum absolute atomic E-state index is 11.2. The summed E-state index contributed by atoms with van der Waals surface area (Å²) in [6.45, 7) is 2.04. The number of nitrogen functional groups attached to an aromatic ring is 1. The minimum absolute atomic E-state index is 0.149. The highest BCUT2D eigenvalue weighted by Gasteiger charge is 2.12. The Labute approximate surface area is 84.2 Å². The molecule has 13 heavy (non-hydrogen) atoms. The van der Waals surface area contributed by atoms with Crippen LogP contribution in [0.15, 0.2) is 16.7 Å². The van der Waals surface area contributed by atoms with Crippen molar-refractivity contribution in [1.29, 1.82) is 0 Å². The Hall–Kier alpha value is -1.10. The first-order chi connectivity index (χ1) is 6.15. The minimum atomic E-state index is -0.499. The molecule has 70 valence electrons. The van der Waals surface area contributed by atoms with Crippen LogP contribution in [0.4, 0.5) is 5.69 Å². The summed E-state index contributed by atoms with van der Waals surface area (Å²) in [6.07, 6.45) is 0. The highest BCUT2D eigenvalue weighted by Crippen LogP contribution is 2.14. The van der Waals surface area contributed by atoms with Crippen molar-refractivity contribution in [2.45, 2.75) is 6.92 Å². The van der Waals surface area contributed by atoms with Crippen LogP contribution in [0.2, 0.25) is 0 Å². The molecule has 0 atom stereocenters. The second kappa shape index (κ2) is 4.23. The van der Waals surface area contributed by atoms with Gasteiger partial charge in [0.15, 0.2) is 5.69 Å². The van der Waals surface area contributed by atoms with Gasteiger partial charge in [-0.05, 0) is 35.0 Å². The first-order valence-electron chi connectivity index (χ1n) is 3.74. The van der Waals surface area contributed by atoms with E-state index in [-0.39, 0.29) is 5.69 Å². The van der Waals surface area contributed by atoms with E-state index < -0.39 is 5.97 Å². The number of esters is 1. The van der Waals surface area contributed by atoms with Gasteiger partial charge in [0.1, 0.15) is 4.60 Å². The van der Waals surface area contributed by atoms with Gasteiger partial charge in [-0.3, -0.25) is 0 Å². The summed E-state index contributed by atoms with van der Waals surface area (Å²) in [5.74, 6) is -0.499. The van der Waals surface area contributed by atoms with Gasteiger partial charge in [0.25, 0.3) is 0 Å². The van der Waals surface area contributed by atoms with E-state index in [2.05, 4.69) is 20.9 Å². The van der Waals surface area contributed by atoms with Crippen molar-refractivity contribution in [3.8, 4) is 0 Å². The fourth-order valence-electron chi connectivity index (χ4n) is 0.809. The molecule has 0 aliphatic carbocycles. The monoisotopic (exact) mass is 244 g/mol. The van der Waals surface area contributed by atoms with Crippen LogP contribution in [0.3, 0.4) is 0 Å². The molecular weight excluding hydrogens is 236 g/mol. The predicted octanol–water partition coefficient (Wildman–Crippen LogP) is 1.60. The number of hydrogen-bond donors (Lipinski definition) is 1. The second-order valence-corrected chi connectivity index (χ2v) is 3.10. The van der Waals surface area contributed by atoms with Crippen LogP contribution in [0.1, 0.15) is 17.4 Å². The molecule has 0 amide bonds. The third-order valence-electron chi connectivity index (χ3n) is 1.36. The molecule has 0 aliphatic heterocycles. The predicted molar refractivity (Wildman–Crippen MR) is 52.3 cm³/mol. The molecule has 1 heterocycles. The summed E-state index contributed by atoms with van der Waals surface area (Å²) in [4.78, 5) is 15.1. The molecule has 2 N–H and O–H groups in total. The van der Waals surface area contributed by atoms with E-state index in [0.717, 1.165) is 0 Å². The molecule has 1 aromatic heterocycles. The van der Waals surface area contributed by atoms with E-state index in [1.54, 1.807) is 19.1 Å². The van der Waals surface area contributed by atoms with E-state index in [1.165, 1.54) is 0 Å². The Morgan fingerprint density at radius 2 is 2.38 bits per heavy atom. The second-order valence-electron chi connectivity index (χ2n) is 2.29. The molecule has 0 bridgehead atoms. The molecule has 1 rings (SSSR count). The Balaban J connectivity index is 2.99. The van der Waals surface area contributed by atoms with Crippen LogP contribution < -0.4 is 5.73 Å². The minimum Gasteiger partial charge on any atom is -0.461 e. The number of rotatable bonds is 2. The van der Waals surface area contributed by atoms with Gasteiger partial charge in [0, 0.05) is 0 Å². The molecule has 0 aliphatic rings. The molecular formula is C8H9BrN2O2. The van der Waals surface area contributed by atoms with E-state index in [1.807, 2.05) is 0 Å². The van der Waals surface area contributed by atoms with Crippen LogP contribution >= 0.6 is 15.9 Å². The smallest absolute Gasteiger partial charge is 0.359 e. The highest BCUT2D eigenvalue weighted by atomic mass is 79.9. The topological polar surface area (TPSA) is 65.2 Å². The van der Waals surface area contributed by atoms with Gasteiger partial charge in [-0.1, -0.05) is 0 Å². The lowest BCUT2D eigenvalue weighted by Gasteiger charge is -2.03. The molecule has 0 radical (unpaired) electrons. The molecule has 0 saturated carbocycles. The number of ether oxygens (including phenoxy) is 1. The molecule has 5 heteroatoms. The molecule has 4 nitrogen and oxygen atoms in total. The van der Waals surface area contributed by atoms with Crippen LogP contribution in [-0.4, -0.2) is 17.6 Å². The number of carbonyl (C=O) groups excluding carboxylic acids is 1. The zero-order chi connectivity index (χ0) is 9.84. The van der Waals surface area contributed by atoms with Crippen molar-refractivity contribution in [1.82, 2.24) is 4.98 Å². The normalized spacial score (nSPS) is 9.69. The largest absolute Gasteiger partial charge is 0.461 e. The summed E-state index contributed by atoms with van der Waals surface area (Å²) in [5.41, 5.74) is 6.01. The molecule has 0 spiro atoms. The van der Waals surface area contributed by atoms with Crippen LogP contribution in [0.5, 0.6) is 0 Å². The van der Waals surface area contributed by atoms with E-state index in [0.29, 0.717) is 16.9 Å². The van der Waals surface area contributed by atoms with Gasteiger partial charge in [-0.2, -0.15) is 0 Å². The standard InChI is InChI=1S/C8H9BrN2O2/c1-2-13-8(12)7-5(10)3-4-6(9)11-7/h3-4H,2,10H2,1H3. The SMILES string of the molecule is CCOC(=O)c1nc(Br)ccc1N. The number of pyridine rings is 1. The van der Waals surface area contributed by atoms with E-state index >= 15 is 0 Å². The van der Waals surface area contributed by atoms with Crippen molar-refractivity contribution < 1.29 is 9.53 Å². The zero-order valence-corrected chi connectivity index (χ0v) is 8.67. The number of anilines is 1. The number of carbonyl (C=O) groups is 1. The third-order valence-corrected chi connectivity index (χ3v) is 1.80. The quantitative estimate of drug-likeness (QED) is 0.634. The van der Waals surface area contributed by atoms with Gasteiger partial charge >= 0.3 is 5.97 Å². The summed E-state index contributed by atoms with van der Waals surface area (Å²) < 4.78 is 5.32. The van der Waals surface area contributed by atoms with E-state index in [4.69, 9.17) is 10.5 Å². The summed E-state index contributed by atoms with van der Waals surface area (Å²) in [7, 11) is 0. The third kappa shape index (κ3) is 2.42. The number of nitrogens with two attached hydrogens (primary N) is 1. The molecule has 0 fully saturated rings. The number of halogens is 1. The molecule has 0 unspecified atom stereocenters. The molecule has 1 aromatic rings. The van der Waals surface area contributed by atoms with Crippen LogP contribution in [-0.2, 0) is 4.74 Å². The lowest BCUT2D eigenvalue weighted by Crippen LogP contribution is -2.10. The number of nitrogens with zero attached hydrogens (tertiary/aromatic N) is 1. The molecule has 0 aromatic carbocycles. The fourth-order valence-corrected chi connectivity index (χ4v) is 1.12. The van der Waals surface area contributed by atoms with Crippen molar-refractivity contribution in [2.75, 3.05) is 12.3 Å². The number of hydrogen-bond acceptors (Lipinski definition) is 4. The van der Waals surface area contributed by atoms with Crippen LogP contribution in [0.25, 0.3) is 0 Å². The Morgan fingerprint density at radius 3 is 3.00 bits per heavy atom. The van der Waals surface area contributed by atoms with Gasteiger partial charge in [-0.15, -0.1) is 0 Å². The lowest BCUT2D eigenvalue weighted by molar-refractivity contribution is 0.0520. The summed E-state index contributed by atoms with van der Waals surface area (Å²) in [5, 5.41) is 0. The fraction of sp³-hybridized carbons (Fsp3) is 0.250. The van der Waals surface area contributed by atoms with Gasteiger partial charge in [-0.25, -0.2) is 9.78 Å². The van der Waals surface area contributed by atoms with E-state index in [9.17, 15) is 4.79 Å². The van der Waals surface area contributed by atoms with Crippen molar-refractivity contribution in [3.63, 3.8) is 0 Å². The average Bonchev–Trinajstić information content (AvgIpc) is 2.09. The van der Waals surface area contributed by atoms with Gasteiger partial charge in [0.2, 0.25) is 0 Å². The van der Waals surface area contributed by atoms with Crippen LogP contribution in [0, 0.1) is 0 Å². The highest BCUT2D eigenvalue weighted by molar-refractivity contribution is 9.10. The summed E-state index contributed by atoms with van der Waals surface area (Å²) >= 11 is 3.14. The Morgan fingerprint density at radius 1 is 1.69 bits per heavy atom. The number of aromatic nitrogens is 1. The first-order valence-corrected chi connectivity index (χ1v) is 4.53. The Kier molecular flexibility index (Phi) is 3.25. The lowest BCUT2D eigenvalue weighted by atomic mass is 10.3. The maximum Gasteiger partial charge on any atom is 0.359 e. The van der Waals surface area contributed by atoms with Gasteiger partial charge in [0.05, 0.1) is 12.3 Å². The summed E-state index contributed by atoms with van der Waals surface area (Å²) in [6, 6.07) is 3.27.